The van der Waals surface area contributed by atoms with E-state index in [1.165, 1.54) is 0 Å². The van der Waals surface area contributed by atoms with E-state index in [9.17, 15) is 4.79 Å². The molecule has 5 nitrogen and oxygen atoms in total. The Morgan fingerprint density at radius 1 is 1.25 bits per heavy atom. The van der Waals surface area contributed by atoms with Crippen molar-refractivity contribution in [3.63, 3.8) is 0 Å². The number of carbonyl (C=O) groups excluding carboxylic acids is 1. The molecule has 124 valence electrons. The first kappa shape index (κ1) is 16.4. The first-order chi connectivity index (χ1) is 11.6. The summed E-state index contributed by atoms with van der Waals surface area (Å²) in [5.41, 5.74) is 3.66. The molecule has 0 aliphatic heterocycles. The molecule has 24 heavy (non-hydrogen) atoms. The fraction of sp³-hybridized carbons (Fsp3) is 0.222. The van der Waals surface area contributed by atoms with Gasteiger partial charge in [0.25, 0.3) is 0 Å². The number of aromatic nitrogens is 1. The van der Waals surface area contributed by atoms with E-state index in [4.69, 9.17) is 9.26 Å². The quantitative estimate of drug-likeness (QED) is 0.730. The molecule has 0 radical (unpaired) electrons. The van der Waals surface area contributed by atoms with Gasteiger partial charge in [0, 0.05) is 11.8 Å². The van der Waals surface area contributed by atoms with Gasteiger partial charge in [-0.3, -0.25) is 4.79 Å². The first-order valence-electron chi connectivity index (χ1n) is 7.55. The van der Waals surface area contributed by atoms with Crippen molar-refractivity contribution in [2.45, 2.75) is 20.5 Å². The fourth-order valence-corrected chi connectivity index (χ4v) is 3.08. The Balaban J connectivity index is 1.48. The number of benzene rings is 1. The zero-order chi connectivity index (χ0) is 16.9. The van der Waals surface area contributed by atoms with Gasteiger partial charge in [-0.1, -0.05) is 17.3 Å². The molecule has 1 amide bonds. The van der Waals surface area contributed by atoms with Crippen molar-refractivity contribution in [2.75, 3.05) is 11.9 Å². The number of rotatable bonds is 6. The van der Waals surface area contributed by atoms with E-state index in [2.05, 4.69) is 16.5 Å². The predicted molar refractivity (Wildman–Crippen MR) is 94.0 cm³/mol. The van der Waals surface area contributed by atoms with Crippen LogP contribution in [0, 0.1) is 13.8 Å². The summed E-state index contributed by atoms with van der Waals surface area (Å²) in [4.78, 5) is 13.0. The lowest BCUT2D eigenvalue weighted by Crippen LogP contribution is -2.18. The molecule has 2 aromatic heterocycles. The summed E-state index contributed by atoms with van der Waals surface area (Å²) in [6, 6.07) is 11.7. The minimum Gasteiger partial charge on any atom is -0.365 e. The molecule has 3 aromatic rings. The molecular formula is C18H18N2O3S. The Bertz CT molecular complexity index is 804. The van der Waals surface area contributed by atoms with E-state index in [-0.39, 0.29) is 19.1 Å². The molecule has 0 fully saturated rings. The highest BCUT2D eigenvalue weighted by atomic mass is 32.1. The summed E-state index contributed by atoms with van der Waals surface area (Å²) >= 11 is 1.58. The van der Waals surface area contributed by atoms with E-state index in [1.807, 2.05) is 49.6 Å². The van der Waals surface area contributed by atoms with Gasteiger partial charge in [0.1, 0.15) is 12.3 Å². The van der Waals surface area contributed by atoms with Crippen LogP contribution in [0.5, 0.6) is 0 Å². The van der Waals surface area contributed by atoms with Gasteiger partial charge in [-0.05, 0) is 48.6 Å². The van der Waals surface area contributed by atoms with Crippen LogP contribution in [-0.2, 0) is 16.1 Å². The van der Waals surface area contributed by atoms with E-state index < -0.39 is 0 Å². The molecule has 2 heterocycles. The molecule has 0 atom stereocenters. The molecule has 0 bridgehead atoms. The third-order valence-corrected chi connectivity index (χ3v) is 4.20. The van der Waals surface area contributed by atoms with Crippen molar-refractivity contribution < 1.29 is 14.1 Å². The topological polar surface area (TPSA) is 64.4 Å². The lowest BCUT2D eigenvalue weighted by molar-refractivity contribution is -0.121. The number of amides is 1. The molecule has 0 unspecified atom stereocenters. The summed E-state index contributed by atoms with van der Waals surface area (Å²) in [5.74, 6) is 0.519. The van der Waals surface area contributed by atoms with Crippen LogP contribution in [0.25, 0.3) is 10.6 Å². The molecule has 0 aliphatic rings. The van der Waals surface area contributed by atoms with E-state index in [0.29, 0.717) is 11.5 Å². The first-order valence-corrected chi connectivity index (χ1v) is 8.43. The molecule has 1 N–H and O–H groups in total. The van der Waals surface area contributed by atoms with Crippen molar-refractivity contribution in [1.82, 2.24) is 5.16 Å². The smallest absolute Gasteiger partial charge is 0.250 e. The third-order valence-electron chi connectivity index (χ3n) is 3.31. The zero-order valence-corrected chi connectivity index (χ0v) is 14.4. The van der Waals surface area contributed by atoms with Crippen molar-refractivity contribution in [3.05, 3.63) is 58.6 Å². The maximum atomic E-state index is 11.9. The average molecular weight is 342 g/mol. The number of carbonyl (C=O) groups is 1. The molecule has 0 saturated carbocycles. The lowest BCUT2D eigenvalue weighted by Gasteiger charge is -2.07. The molecular weight excluding hydrogens is 324 g/mol. The third kappa shape index (κ3) is 4.31. The summed E-state index contributed by atoms with van der Waals surface area (Å²) in [6.45, 7) is 4.19. The Kier molecular flexibility index (Phi) is 5.08. The van der Waals surface area contributed by atoms with Crippen molar-refractivity contribution in [3.8, 4) is 10.6 Å². The highest BCUT2D eigenvalue weighted by molar-refractivity contribution is 7.13. The maximum absolute atomic E-state index is 11.9. The van der Waals surface area contributed by atoms with Gasteiger partial charge in [0.15, 0.2) is 5.76 Å². The van der Waals surface area contributed by atoms with Crippen LogP contribution in [0.15, 0.2) is 46.3 Å². The Morgan fingerprint density at radius 3 is 2.75 bits per heavy atom. The molecule has 0 spiro atoms. The maximum Gasteiger partial charge on any atom is 0.250 e. The van der Waals surface area contributed by atoms with E-state index in [0.717, 1.165) is 21.7 Å². The largest absolute Gasteiger partial charge is 0.365 e. The van der Waals surface area contributed by atoms with Gasteiger partial charge in [0.05, 0.1) is 11.5 Å². The monoisotopic (exact) mass is 342 g/mol. The van der Waals surface area contributed by atoms with Crippen molar-refractivity contribution >= 4 is 22.9 Å². The number of ether oxygens (including phenoxy) is 1. The van der Waals surface area contributed by atoms with Crippen LogP contribution in [0.4, 0.5) is 5.69 Å². The van der Waals surface area contributed by atoms with Gasteiger partial charge in [-0.25, -0.2) is 0 Å². The zero-order valence-electron chi connectivity index (χ0n) is 13.5. The number of hydrogen-bond donors (Lipinski definition) is 1. The second-order valence-corrected chi connectivity index (χ2v) is 6.52. The Morgan fingerprint density at radius 2 is 2.04 bits per heavy atom. The second-order valence-electron chi connectivity index (χ2n) is 5.58. The molecule has 3 rings (SSSR count). The number of anilines is 1. The summed E-state index contributed by atoms with van der Waals surface area (Å²) in [7, 11) is 0. The van der Waals surface area contributed by atoms with Crippen LogP contribution >= 0.6 is 11.3 Å². The Labute approximate surface area is 144 Å². The minimum absolute atomic E-state index is 0.0335. The van der Waals surface area contributed by atoms with Crippen molar-refractivity contribution in [2.24, 2.45) is 0 Å². The van der Waals surface area contributed by atoms with Crippen molar-refractivity contribution in [1.29, 1.82) is 0 Å². The van der Waals surface area contributed by atoms with Gasteiger partial charge in [-0.15, -0.1) is 11.3 Å². The molecule has 0 aliphatic carbocycles. The Hall–Kier alpha value is -2.44. The summed E-state index contributed by atoms with van der Waals surface area (Å²) < 4.78 is 10.7. The number of nitrogens with zero attached hydrogens (tertiary/aromatic N) is 1. The number of aryl methyl sites for hydroxylation is 2. The van der Waals surface area contributed by atoms with Crippen LogP contribution in [0.2, 0.25) is 0 Å². The van der Waals surface area contributed by atoms with Gasteiger partial charge >= 0.3 is 0 Å². The van der Waals surface area contributed by atoms with Crippen LogP contribution in [0.1, 0.15) is 16.8 Å². The number of thiophene rings is 1. The predicted octanol–water partition coefficient (Wildman–Crippen LogP) is 4.18. The van der Waals surface area contributed by atoms with Crippen LogP contribution in [-0.4, -0.2) is 17.7 Å². The van der Waals surface area contributed by atoms with Gasteiger partial charge in [0.2, 0.25) is 5.91 Å². The second kappa shape index (κ2) is 7.42. The fourth-order valence-electron chi connectivity index (χ4n) is 2.41. The van der Waals surface area contributed by atoms with E-state index >= 15 is 0 Å². The average Bonchev–Trinajstić information content (AvgIpc) is 3.17. The number of nitrogens with one attached hydrogen (secondary N) is 1. The van der Waals surface area contributed by atoms with E-state index in [1.54, 1.807) is 11.3 Å². The molecule has 6 heteroatoms. The summed E-state index contributed by atoms with van der Waals surface area (Å²) in [5, 5.41) is 8.76. The SMILES string of the molecule is Cc1cc(C)cc(NC(=O)COCc2cc(-c3cccs3)on2)c1. The highest BCUT2D eigenvalue weighted by Gasteiger charge is 2.09. The standard InChI is InChI=1S/C18H18N2O3S/c1-12-6-13(2)8-14(7-12)19-18(21)11-22-10-15-9-16(23-20-15)17-4-3-5-24-17/h3-9H,10-11H2,1-2H3,(H,19,21). The highest BCUT2D eigenvalue weighted by Crippen LogP contribution is 2.25. The van der Waals surface area contributed by atoms with Crippen LogP contribution < -0.4 is 5.32 Å². The lowest BCUT2D eigenvalue weighted by atomic mass is 10.1. The molecule has 0 saturated heterocycles. The summed E-state index contributed by atoms with van der Waals surface area (Å²) in [6.07, 6.45) is 0. The van der Waals surface area contributed by atoms with Gasteiger partial charge in [-0.2, -0.15) is 0 Å². The minimum atomic E-state index is -0.193. The van der Waals surface area contributed by atoms with Crippen LogP contribution in [0.3, 0.4) is 0 Å². The van der Waals surface area contributed by atoms with Gasteiger partial charge < -0.3 is 14.6 Å². The molecule has 1 aromatic carbocycles. The normalized spacial score (nSPS) is 10.8. The number of hydrogen-bond acceptors (Lipinski definition) is 5.